The van der Waals surface area contributed by atoms with Crippen molar-refractivity contribution in [2.75, 3.05) is 12.0 Å². The van der Waals surface area contributed by atoms with E-state index in [4.69, 9.17) is 9.11 Å². The first kappa shape index (κ1) is 17.5. The second kappa shape index (κ2) is 5.04. The number of hydrogen-bond donors (Lipinski definition) is 2. The van der Waals surface area contributed by atoms with Crippen LogP contribution in [0.25, 0.3) is 0 Å². The third kappa shape index (κ3) is 3.57. The summed E-state index contributed by atoms with van der Waals surface area (Å²) in [6.07, 6.45) is 2.69. The van der Waals surface area contributed by atoms with Gasteiger partial charge in [-0.1, -0.05) is 13.8 Å². The highest BCUT2D eigenvalue weighted by molar-refractivity contribution is 7.85. The van der Waals surface area contributed by atoms with Crippen molar-refractivity contribution in [1.82, 2.24) is 0 Å². The molecule has 2 saturated carbocycles. The molecular weight excluding hydrogens is 308 g/mol. The molecule has 9 heteroatoms. The van der Waals surface area contributed by atoms with Gasteiger partial charge in [0.15, 0.2) is 0 Å². The van der Waals surface area contributed by atoms with Gasteiger partial charge in [-0.25, -0.2) is 0 Å². The van der Waals surface area contributed by atoms with Gasteiger partial charge in [0, 0.05) is 6.42 Å². The van der Waals surface area contributed by atoms with Crippen LogP contribution in [0.2, 0.25) is 0 Å². The van der Waals surface area contributed by atoms with Gasteiger partial charge in [-0.15, -0.1) is 0 Å². The van der Waals surface area contributed by atoms with E-state index in [0.717, 1.165) is 6.42 Å². The molecule has 0 spiro atoms. The molecule has 0 aromatic carbocycles. The van der Waals surface area contributed by atoms with E-state index in [9.17, 15) is 21.6 Å². The lowest BCUT2D eigenvalue weighted by Gasteiger charge is -2.35. The van der Waals surface area contributed by atoms with E-state index in [1.807, 2.05) is 13.8 Å². The second-order valence-corrected chi connectivity index (χ2v) is 9.04. The van der Waals surface area contributed by atoms with Crippen molar-refractivity contribution in [3.8, 4) is 0 Å². The van der Waals surface area contributed by atoms with Gasteiger partial charge < -0.3 is 0 Å². The van der Waals surface area contributed by atoms with Gasteiger partial charge in [0.05, 0.1) is 17.4 Å². The zero-order valence-corrected chi connectivity index (χ0v) is 13.3. The highest BCUT2D eigenvalue weighted by Gasteiger charge is 2.65. The molecule has 2 rings (SSSR count). The zero-order chi connectivity index (χ0) is 16.0. The fourth-order valence-electron chi connectivity index (χ4n) is 3.42. The molecule has 20 heavy (non-hydrogen) atoms. The number of hydrogen-bond acceptors (Lipinski definition) is 5. The van der Waals surface area contributed by atoms with Crippen LogP contribution in [-0.4, -0.2) is 43.7 Å². The molecule has 0 radical (unpaired) electrons. The van der Waals surface area contributed by atoms with E-state index in [2.05, 4.69) is 0 Å². The summed E-state index contributed by atoms with van der Waals surface area (Å²) in [5.74, 6) is -0.101. The van der Waals surface area contributed by atoms with Crippen LogP contribution < -0.4 is 0 Å². The molecule has 0 aliphatic heterocycles. The molecule has 2 atom stereocenters. The maximum absolute atomic E-state index is 11.9. The van der Waals surface area contributed by atoms with Crippen molar-refractivity contribution in [2.45, 2.75) is 33.1 Å². The van der Waals surface area contributed by atoms with E-state index in [1.54, 1.807) is 0 Å². The molecule has 0 aromatic rings. The van der Waals surface area contributed by atoms with Gasteiger partial charge in [-0.2, -0.15) is 16.8 Å². The van der Waals surface area contributed by atoms with Crippen LogP contribution in [0.5, 0.6) is 0 Å². The van der Waals surface area contributed by atoms with Gasteiger partial charge in [-0.3, -0.25) is 13.9 Å². The molecule has 2 fully saturated rings. The summed E-state index contributed by atoms with van der Waals surface area (Å²) in [5, 5.41) is 0. The van der Waals surface area contributed by atoms with Gasteiger partial charge in [0.2, 0.25) is 0 Å². The largest absolute Gasteiger partial charge is 0.299 e. The quantitative estimate of drug-likeness (QED) is 0.717. The molecule has 0 amide bonds. The Morgan fingerprint density at radius 1 is 1.20 bits per heavy atom. The van der Waals surface area contributed by atoms with Crippen LogP contribution in [-0.2, 0) is 25.0 Å². The normalized spacial score (nSPS) is 31.9. The Hall–Kier alpha value is -0.510. The fraction of sp³-hybridized carbons (Fsp3) is 0.909. The summed E-state index contributed by atoms with van der Waals surface area (Å²) in [6, 6.07) is 0. The molecule has 118 valence electrons. The minimum absolute atomic E-state index is 0.0152. The second-order valence-electron chi connectivity index (χ2n) is 6.13. The van der Waals surface area contributed by atoms with E-state index >= 15 is 0 Å². The summed E-state index contributed by atoms with van der Waals surface area (Å²) in [4.78, 5) is 11.9. The third-order valence-corrected chi connectivity index (χ3v) is 5.43. The Morgan fingerprint density at radius 3 is 1.90 bits per heavy atom. The standard InChI is InChI=1S/C10H16O4S.CH4O3S/c1-9(2)7-3-4-10(9,8(11)5-7)6-15(12,13)14;1-5(2,3)4/h7H,3-6H2,1-2H3,(H,12,13,14);1H3,(H,2,3,4). The average Bonchev–Trinajstić information content (AvgIpc) is 2.45. The summed E-state index contributed by atoms with van der Waals surface area (Å²) in [5.41, 5.74) is -1.12. The van der Waals surface area contributed by atoms with E-state index in [-0.39, 0.29) is 17.1 Å². The van der Waals surface area contributed by atoms with Gasteiger partial charge in [0.25, 0.3) is 20.2 Å². The topological polar surface area (TPSA) is 126 Å². The fourth-order valence-corrected chi connectivity index (χ4v) is 4.72. The monoisotopic (exact) mass is 328 g/mol. The lowest BCUT2D eigenvalue weighted by Crippen LogP contribution is -2.42. The van der Waals surface area contributed by atoms with Gasteiger partial charge in [0.1, 0.15) is 5.78 Å². The maximum Gasteiger partial charge on any atom is 0.265 e. The predicted molar refractivity (Wildman–Crippen MR) is 72.5 cm³/mol. The lowest BCUT2D eigenvalue weighted by molar-refractivity contribution is -0.128. The number of carbonyl (C=O) groups excluding carboxylic acids is 1. The first-order valence-electron chi connectivity index (χ1n) is 6.10. The Balaban J connectivity index is 0.000000347. The number of fused-ring (bicyclic) bond motifs is 2. The predicted octanol–water partition coefficient (Wildman–Crippen LogP) is 0.774. The number of carbonyl (C=O) groups is 1. The number of rotatable bonds is 2. The highest BCUT2D eigenvalue weighted by Crippen LogP contribution is 2.64. The molecule has 2 aliphatic rings. The van der Waals surface area contributed by atoms with Gasteiger partial charge >= 0.3 is 0 Å². The van der Waals surface area contributed by atoms with Crippen LogP contribution in [0.3, 0.4) is 0 Å². The van der Waals surface area contributed by atoms with Crippen molar-refractivity contribution in [1.29, 1.82) is 0 Å². The van der Waals surface area contributed by atoms with Crippen molar-refractivity contribution >= 4 is 26.0 Å². The van der Waals surface area contributed by atoms with Crippen molar-refractivity contribution < 1.29 is 30.7 Å². The smallest absolute Gasteiger partial charge is 0.265 e. The van der Waals surface area contributed by atoms with E-state index < -0.39 is 31.4 Å². The molecule has 7 nitrogen and oxygen atoms in total. The lowest BCUT2D eigenvalue weighted by atomic mass is 9.70. The van der Waals surface area contributed by atoms with Crippen LogP contribution in [0.1, 0.15) is 33.1 Å². The third-order valence-electron chi connectivity index (χ3n) is 4.57. The Kier molecular flexibility index (Phi) is 4.42. The number of ketones is 1. The highest BCUT2D eigenvalue weighted by atomic mass is 32.2. The van der Waals surface area contributed by atoms with Crippen LogP contribution in [0.4, 0.5) is 0 Å². The van der Waals surface area contributed by atoms with Crippen molar-refractivity contribution in [2.24, 2.45) is 16.7 Å². The molecule has 0 saturated heterocycles. The Labute approximate surface area is 119 Å². The Bertz CT molecular complexity index is 595. The van der Waals surface area contributed by atoms with Crippen molar-refractivity contribution in [3.63, 3.8) is 0 Å². The molecule has 0 aromatic heterocycles. The molecule has 2 N–H and O–H groups in total. The summed E-state index contributed by atoms with van der Waals surface area (Å²) in [7, 11) is -7.74. The van der Waals surface area contributed by atoms with Crippen LogP contribution >= 0.6 is 0 Å². The first-order valence-corrected chi connectivity index (χ1v) is 9.56. The summed E-state index contributed by atoms with van der Waals surface area (Å²) >= 11 is 0. The van der Waals surface area contributed by atoms with Crippen LogP contribution in [0, 0.1) is 16.7 Å². The zero-order valence-electron chi connectivity index (χ0n) is 11.7. The average molecular weight is 328 g/mol. The van der Waals surface area contributed by atoms with E-state index in [1.165, 1.54) is 0 Å². The molecule has 0 heterocycles. The molecule has 2 unspecified atom stereocenters. The molecule has 2 bridgehead atoms. The first-order chi connectivity index (χ1) is 8.69. The van der Waals surface area contributed by atoms with Crippen molar-refractivity contribution in [3.05, 3.63) is 0 Å². The summed E-state index contributed by atoms with van der Waals surface area (Å²) in [6.45, 7) is 3.89. The van der Waals surface area contributed by atoms with Crippen LogP contribution in [0.15, 0.2) is 0 Å². The Morgan fingerprint density at radius 2 is 1.65 bits per heavy atom. The SMILES string of the molecule is CC1(C)C2CCC1(CS(=O)(=O)O)C(=O)C2.CS(=O)(=O)O. The minimum Gasteiger partial charge on any atom is -0.299 e. The summed E-state index contributed by atoms with van der Waals surface area (Å²) < 4.78 is 56.8. The van der Waals surface area contributed by atoms with Gasteiger partial charge in [-0.05, 0) is 24.2 Å². The maximum atomic E-state index is 11.9. The molecular formula is C11H20O7S2. The van der Waals surface area contributed by atoms with E-state index in [0.29, 0.717) is 19.1 Å². The number of Topliss-reactive ketones (excluding diaryl/α,β-unsaturated/α-hetero) is 1. The molecule has 2 aliphatic carbocycles. The minimum atomic E-state index is -4.08.